The SMILES string of the molecule is Cc1cccc2c1OCCCC2NC1CCCNC1=O. The summed E-state index contributed by atoms with van der Waals surface area (Å²) in [6.07, 6.45) is 4.00. The summed E-state index contributed by atoms with van der Waals surface area (Å²) in [6.45, 7) is 3.64. The predicted octanol–water partition coefficient (Wildman–Crippen LogP) is 2.08. The third-order valence-electron chi connectivity index (χ3n) is 4.19. The molecule has 2 atom stereocenters. The zero-order chi connectivity index (χ0) is 13.9. The number of nitrogens with one attached hydrogen (secondary N) is 2. The van der Waals surface area contributed by atoms with Crippen molar-refractivity contribution in [3.8, 4) is 5.75 Å². The van der Waals surface area contributed by atoms with Crippen LogP contribution >= 0.6 is 0 Å². The number of aryl methyl sites for hydroxylation is 1. The molecule has 0 bridgehead atoms. The van der Waals surface area contributed by atoms with Gasteiger partial charge in [-0.2, -0.15) is 0 Å². The van der Waals surface area contributed by atoms with E-state index in [0.717, 1.165) is 44.6 Å². The van der Waals surface area contributed by atoms with Crippen molar-refractivity contribution in [2.75, 3.05) is 13.2 Å². The standard InChI is InChI=1S/C16H22N2O2/c1-11-5-2-6-12-13(8-4-10-20-15(11)12)18-14-7-3-9-17-16(14)19/h2,5-6,13-14,18H,3-4,7-10H2,1H3,(H,17,19). The van der Waals surface area contributed by atoms with E-state index in [0.29, 0.717) is 0 Å². The van der Waals surface area contributed by atoms with E-state index < -0.39 is 0 Å². The Morgan fingerprint density at radius 2 is 2.10 bits per heavy atom. The number of benzene rings is 1. The molecule has 0 aromatic heterocycles. The van der Waals surface area contributed by atoms with Crippen LogP contribution < -0.4 is 15.4 Å². The number of hydrogen-bond donors (Lipinski definition) is 2. The summed E-state index contributed by atoms with van der Waals surface area (Å²) >= 11 is 0. The molecule has 20 heavy (non-hydrogen) atoms. The van der Waals surface area contributed by atoms with E-state index in [9.17, 15) is 4.79 Å². The average Bonchev–Trinajstić information content (AvgIpc) is 2.65. The first-order valence-corrected chi connectivity index (χ1v) is 7.52. The molecule has 1 saturated heterocycles. The number of para-hydroxylation sites is 1. The Morgan fingerprint density at radius 1 is 1.25 bits per heavy atom. The van der Waals surface area contributed by atoms with Crippen LogP contribution in [0, 0.1) is 6.92 Å². The smallest absolute Gasteiger partial charge is 0.237 e. The number of carbonyl (C=O) groups excluding carboxylic acids is 1. The van der Waals surface area contributed by atoms with Crippen molar-refractivity contribution in [3.05, 3.63) is 29.3 Å². The fourth-order valence-corrected chi connectivity index (χ4v) is 3.11. The second kappa shape index (κ2) is 5.83. The molecular formula is C16H22N2O2. The maximum Gasteiger partial charge on any atom is 0.237 e. The molecule has 1 amide bonds. The average molecular weight is 274 g/mol. The number of ether oxygens (including phenoxy) is 1. The molecule has 1 aromatic rings. The molecule has 4 nitrogen and oxygen atoms in total. The van der Waals surface area contributed by atoms with Gasteiger partial charge < -0.3 is 10.1 Å². The van der Waals surface area contributed by atoms with Crippen molar-refractivity contribution in [1.82, 2.24) is 10.6 Å². The summed E-state index contributed by atoms with van der Waals surface area (Å²) < 4.78 is 5.88. The Morgan fingerprint density at radius 3 is 2.95 bits per heavy atom. The van der Waals surface area contributed by atoms with E-state index in [1.54, 1.807) is 0 Å². The highest BCUT2D eigenvalue weighted by molar-refractivity contribution is 5.82. The Hall–Kier alpha value is -1.55. The molecule has 0 aliphatic carbocycles. The zero-order valence-corrected chi connectivity index (χ0v) is 11.9. The maximum atomic E-state index is 11.9. The molecule has 4 heteroatoms. The second-order valence-corrected chi connectivity index (χ2v) is 5.69. The Balaban J connectivity index is 1.83. The van der Waals surface area contributed by atoms with Gasteiger partial charge in [0, 0.05) is 18.2 Å². The van der Waals surface area contributed by atoms with Crippen LogP contribution in [0.5, 0.6) is 5.75 Å². The molecule has 0 saturated carbocycles. The second-order valence-electron chi connectivity index (χ2n) is 5.69. The summed E-state index contributed by atoms with van der Waals surface area (Å²) in [6, 6.07) is 6.40. The molecule has 1 aromatic carbocycles. The lowest BCUT2D eigenvalue weighted by Crippen LogP contribution is -2.49. The molecule has 0 radical (unpaired) electrons. The molecule has 2 aliphatic heterocycles. The van der Waals surface area contributed by atoms with E-state index in [1.807, 2.05) is 0 Å². The highest BCUT2D eigenvalue weighted by Gasteiger charge is 2.28. The van der Waals surface area contributed by atoms with E-state index in [2.05, 4.69) is 35.8 Å². The summed E-state index contributed by atoms with van der Waals surface area (Å²) in [4.78, 5) is 11.9. The van der Waals surface area contributed by atoms with Crippen molar-refractivity contribution < 1.29 is 9.53 Å². The van der Waals surface area contributed by atoms with Crippen molar-refractivity contribution in [2.45, 2.75) is 44.7 Å². The van der Waals surface area contributed by atoms with Crippen molar-refractivity contribution in [3.63, 3.8) is 0 Å². The number of rotatable bonds is 2. The van der Waals surface area contributed by atoms with Crippen LogP contribution in [0.4, 0.5) is 0 Å². The maximum absolute atomic E-state index is 11.9. The summed E-state index contributed by atoms with van der Waals surface area (Å²) in [5, 5.41) is 6.48. The van der Waals surface area contributed by atoms with Crippen LogP contribution in [0.3, 0.4) is 0 Å². The Bertz CT molecular complexity index is 501. The van der Waals surface area contributed by atoms with E-state index in [-0.39, 0.29) is 18.0 Å². The van der Waals surface area contributed by atoms with Crippen LogP contribution in [0.2, 0.25) is 0 Å². The van der Waals surface area contributed by atoms with E-state index in [1.165, 1.54) is 11.1 Å². The van der Waals surface area contributed by atoms with Gasteiger partial charge in [-0.25, -0.2) is 0 Å². The molecule has 0 spiro atoms. The first-order chi connectivity index (χ1) is 9.75. The number of amides is 1. The van der Waals surface area contributed by atoms with E-state index >= 15 is 0 Å². The molecule has 108 valence electrons. The minimum atomic E-state index is -0.0692. The number of fused-ring (bicyclic) bond motifs is 1. The van der Waals surface area contributed by atoms with Gasteiger partial charge >= 0.3 is 0 Å². The highest BCUT2D eigenvalue weighted by Crippen LogP contribution is 2.34. The van der Waals surface area contributed by atoms with Gasteiger partial charge in [-0.1, -0.05) is 18.2 Å². The largest absolute Gasteiger partial charge is 0.493 e. The van der Waals surface area contributed by atoms with Gasteiger partial charge in [-0.15, -0.1) is 0 Å². The third-order valence-corrected chi connectivity index (χ3v) is 4.19. The minimum Gasteiger partial charge on any atom is -0.493 e. The van der Waals surface area contributed by atoms with Crippen LogP contribution in [-0.2, 0) is 4.79 Å². The first-order valence-electron chi connectivity index (χ1n) is 7.52. The lowest BCUT2D eigenvalue weighted by atomic mass is 9.97. The molecule has 3 rings (SSSR count). The Labute approximate surface area is 119 Å². The van der Waals surface area contributed by atoms with Gasteiger partial charge in [0.05, 0.1) is 12.6 Å². The number of carbonyl (C=O) groups is 1. The van der Waals surface area contributed by atoms with Gasteiger partial charge in [0.15, 0.2) is 0 Å². The third kappa shape index (κ3) is 2.66. The van der Waals surface area contributed by atoms with Gasteiger partial charge in [0.2, 0.25) is 5.91 Å². The lowest BCUT2D eigenvalue weighted by molar-refractivity contribution is -0.124. The van der Waals surface area contributed by atoms with Gasteiger partial charge in [-0.3, -0.25) is 10.1 Å². The quantitative estimate of drug-likeness (QED) is 0.868. The predicted molar refractivity (Wildman–Crippen MR) is 77.8 cm³/mol. The van der Waals surface area contributed by atoms with E-state index in [4.69, 9.17) is 4.74 Å². The van der Waals surface area contributed by atoms with Gasteiger partial charge in [0.25, 0.3) is 0 Å². The van der Waals surface area contributed by atoms with Crippen LogP contribution in [-0.4, -0.2) is 25.1 Å². The fourth-order valence-electron chi connectivity index (χ4n) is 3.11. The normalized spacial score (nSPS) is 26.1. The summed E-state index contributed by atoms with van der Waals surface area (Å²) in [5.41, 5.74) is 2.37. The number of piperidine rings is 1. The molecule has 2 N–H and O–H groups in total. The monoisotopic (exact) mass is 274 g/mol. The van der Waals surface area contributed by atoms with Crippen molar-refractivity contribution in [1.29, 1.82) is 0 Å². The van der Waals surface area contributed by atoms with Crippen LogP contribution in [0.15, 0.2) is 18.2 Å². The van der Waals surface area contributed by atoms with Crippen LogP contribution in [0.25, 0.3) is 0 Å². The summed E-state index contributed by atoms with van der Waals surface area (Å²) in [7, 11) is 0. The molecular weight excluding hydrogens is 252 g/mol. The van der Waals surface area contributed by atoms with Crippen molar-refractivity contribution in [2.24, 2.45) is 0 Å². The highest BCUT2D eigenvalue weighted by atomic mass is 16.5. The number of hydrogen-bond acceptors (Lipinski definition) is 3. The first kappa shape index (κ1) is 13.4. The molecule has 1 fully saturated rings. The minimum absolute atomic E-state index is 0.0692. The molecule has 2 aliphatic rings. The summed E-state index contributed by atoms with van der Waals surface area (Å²) in [5.74, 6) is 1.13. The topological polar surface area (TPSA) is 50.4 Å². The van der Waals surface area contributed by atoms with Crippen LogP contribution in [0.1, 0.15) is 42.9 Å². The molecule has 2 heterocycles. The van der Waals surface area contributed by atoms with Gasteiger partial charge in [0.1, 0.15) is 5.75 Å². The molecule has 2 unspecified atom stereocenters. The van der Waals surface area contributed by atoms with Crippen molar-refractivity contribution >= 4 is 5.91 Å². The van der Waals surface area contributed by atoms with Gasteiger partial charge in [-0.05, 0) is 38.2 Å². The fraction of sp³-hybridized carbons (Fsp3) is 0.562. The zero-order valence-electron chi connectivity index (χ0n) is 11.9. The Kier molecular flexibility index (Phi) is 3.92. The lowest BCUT2D eigenvalue weighted by Gasteiger charge is -2.28.